The molecule has 0 aromatic carbocycles. The number of carbonyl (C=O) groups is 1. The Morgan fingerprint density at radius 2 is 1.92 bits per heavy atom. The van der Waals surface area contributed by atoms with Gasteiger partial charge in [-0.25, -0.2) is 0 Å². The van der Waals surface area contributed by atoms with E-state index in [-0.39, 0.29) is 22.5 Å². The Morgan fingerprint density at radius 3 is 2.58 bits per heavy atom. The van der Waals surface area contributed by atoms with Crippen LogP contribution in [-0.4, -0.2) is 20.2 Å². The van der Waals surface area contributed by atoms with E-state index in [0.717, 1.165) is 24.8 Å². The lowest BCUT2D eigenvalue weighted by atomic mass is 9.71. The molecule has 0 unspecified atom stereocenters. The third-order valence-electron chi connectivity index (χ3n) is 7.45. The molecule has 0 aromatic rings. The first kappa shape index (κ1) is 18.4. The highest BCUT2D eigenvalue weighted by atomic mass is 28.4. The van der Waals surface area contributed by atoms with Crippen LogP contribution in [0.15, 0.2) is 11.6 Å². The van der Waals surface area contributed by atoms with Gasteiger partial charge in [0.25, 0.3) is 0 Å². The van der Waals surface area contributed by atoms with Crippen LogP contribution in [0.25, 0.3) is 0 Å². The Kier molecular flexibility index (Phi) is 4.66. The second kappa shape index (κ2) is 6.09. The second-order valence-corrected chi connectivity index (χ2v) is 14.9. The Balaban J connectivity index is 2.05. The topological polar surface area (TPSA) is 26.3 Å². The monoisotopic (exact) mass is 348 g/mol. The number of rotatable bonds is 2. The Hall–Kier alpha value is -0.413. The van der Waals surface area contributed by atoms with Gasteiger partial charge in [0.15, 0.2) is 14.1 Å². The molecule has 0 radical (unpaired) electrons. The van der Waals surface area contributed by atoms with Crippen molar-refractivity contribution >= 4 is 14.1 Å². The van der Waals surface area contributed by atoms with Crippen molar-refractivity contribution in [3.63, 3.8) is 0 Å². The maximum atomic E-state index is 12.9. The molecule has 2 fully saturated rings. The number of hydrogen-bond donors (Lipinski definition) is 0. The van der Waals surface area contributed by atoms with Gasteiger partial charge in [0.2, 0.25) is 0 Å². The summed E-state index contributed by atoms with van der Waals surface area (Å²) < 4.78 is 7.12. The smallest absolute Gasteiger partial charge is 0.192 e. The van der Waals surface area contributed by atoms with Crippen molar-refractivity contribution < 1.29 is 9.22 Å². The maximum absolute atomic E-state index is 12.9. The molecule has 0 aromatic heterocycles. The Labute approximate surface area is 149 Å². The van der Waals surface area contributed by atoms with Gasteiger partial charge in [0.1, 0.15) is 0 Å². The van der Waals surface area contributed by atoms with E-state index in [0.29, 0.717) is 11.7 Å². The second-order valence-electron chi connectivity index (χ2n) is 10.1. The van der Waals surface area contributed by atoms with E-state index in [1.54, 1.807) is 0 Å². The molecule has 0 N–H and O–H groups in total. The zero-order valence-electron chi connectivity index (χ0n) is 16.6. The van der Waals surface area contributed by atoms with Crippen LogP contribution in [0.5, 0.6) is 0 Å². The average molecular weight is 349 g/mol. The van der Waals surface area contributed by atoms with Crippen LogP contribution in [0.3, 0.4) is 0 Å². The molecule has 3 rings (SSSR count). The molecular formula is C21H36O2Si. The van der Waals surface area contributed by atoms with Crippen LogP contribution in [-0.2, 0) is 9.22 Å². The molecule has 2 nitrogen and oxygen atoms in total. The molecular weight excluding hydrogens is 312 g/mol. The fourth-order valence-corrected chi connectivity index (χ4v) is 6.51. The molecule has 0 amide bonds. The summed E-state index contributed by atoms with van der Waals surface area (Å²) in [5.41, 5.74) is 1.17. The molecule has 4 atom stereocenters. The highest BCUT2D eigenvalue weighted by Crippen LogP contribution is 2.58. The zero-order chi connectivity index (χ0) is 17.8. The van der Waals surface area contributed by atoms with Crippen LogP contribution in [0.4, 0.5) is 0 Å². The van der Waals surface area contributed by atoms with E-state index in [1.165, 1.54) is 25.7 Å². The first-order valence-electron chi connectivity index (χ1n) is 10.0. The first-order chi connectivity index (χ1) is 11.1. The lowest BCUT2D eigenvalue weighted by molar-refractivity contribution is -0.117. The van der Waals surface area contributed by atoms with Crippen LogP contribution < -0.4 is 0 Å². The fraction of sp³-hybridized carbons (Fsp3) is 0.857. The maximum Gasteiger partial charge on any atom is 0.192 e. The molecule has 136 valence electrons. The largest absolute Gasteiger partial charge is 0.413 e. The lowest BCUT2D eigenvalue weighted by Gasteiger charge is -2.47. The van der Waals surface area contributed by atoms with E-state index in [2.05, 4.69) is 46.9 Å². The van der Waals surface area contributed by atoms with Crippen LogP contribution >= 0.6 is 0 Å². The number of hydrogen-bond acceptors (Lipinski definition) is 2. The van der Waals surface area contributed by atoms with E-state index in [4.69, 9.17) is 4.43 Å². The van der Waals surface area contributed by atoms with Crippen molar-refractivity contribution in [1.29, 1.82) is 0 Å². The molecule has 3 heteroatoms. The molecule has 0 heterocycles. The van der Waals surface area contributed by atoms with E-state index in [9.17, 15) is 4.79 Å². The van der Waals surface area contributed by atoms with Gasteiger partial charge in [0, 0.05) is 16.9 Å². The molecule has 3 aliphatic rings. The predicted octanol–water partition coefficient (Wildman–Crippen LogP) is 5.88. The third-order valence-corrected chi connectivity index (χ3v) is 11.9. The highest BCUT2D eigenvalue weighted by molar-refractivity contribution is 6.74. The van der Waals surface area contributed by atoms with Crippen molar-refractivity contribution in [1.82, 2.24) is 0 Å². The van der Waals surface area contributed by atoms with Gasteiger partial charge in [0.05, 0.1) is 6.10 Å². The van der Waals surface area contributed by atoms with Crippen molar-refractivity contribution in [2.45, 2.75) is 96.9 Å². The first-order valence-corrected chi connectivity index (χ1v) is 12.9. The Morgan fingerprint density at radius 1 is 1.21 bits per heavy atom. The van der Waals surface area contributed by atoms with Gasteiger partial charge in [-0.3, -0.25) is 4.79 Å². The van der Waals surface area contributed by atoms with Crippen molar-refractivity contribution in [2.75, 3.05) is 0 Å². The van der Waals surface area contributed by atoms with Gasteiger partial charge in [-0.05, 0) is 56.2 Å². The fourth-order valence-electron chi connectivity index (χ4n) is 5.10. The minimum Gasteiger partial charge on any atom is -0.413 e. The van der Waals surface area contributed by atoms with Gasteiger partial charge >= 0.3 is 0 Å². The summed E-state index contributed by atoms with van der Waals surface area (Å²) in [5.74, 6) is 1.23. The number of fused-ring (bicyclic) bond motifs is 1. The minimum absolute atomic E-state index is 0.0175. The van der Waals surface area contributed by atoms with E-state index in [1.807, 2.05) is 0 Å². The summed E-state index contributed by atoms with van der Waals surface area (Å²) in [7, 11) is -1.85. The van der Waals surface area contributed by atoms with Crippen molar-refractivity contribution in [2.24, 2.45) is 17.3 Å². The summed E-state index contributed by atoms with van der Waals surface area (Å²) >= 11 is 0. The summed E-state index contributed by atoms with van der Waals surface area (Å²) in [6, 6.07) is 0. The molecule has 2 saturated carbocycles. The standard InChI is InChI=1S/C21H36O2Si/c1-15-14-21-13-8-7-10-16(11-9-12-17(21)18(15)22)19(21)23-24(5,6)20(2,3)4/h12,15-16,19H,7-11,13-14H2,1-6H3/t15-,16+,19+,21+/m1/s1. The minimum atomic E-state index is -1.85. The number of carbonyl (C=O) groups excluding carboxylic acids is 1. The Bertz CT molecular complexity index is 543. The molecule has 2 bridgehead atoms. The quantitative estimate of drug-likeness (QED) is 0.582. The highest BCUT2D eigenvalue weighted by Gasteiger charge is 2.57. The van der Waals surface area contributed by atoms with Crippen LogP contribution in [0.1, 0.15) is 72.6 Å². The SMILES string of the molecule is C[C@@H]1C[C@@]23CCCC[C@@H](CCC=C2C1=O)[C@@H]3O[Si](C)(C)C(C)(C)C. The molecule has 3 aliphatic carbocycles. The molecule has 24 heavy (non-hydrogen) atoms. The number of Topliss-reactive ketones (excluding diaryl/α,β-unsaturated/α-hetero) is 1. The summed E-state index contributed by atoms with van der Waals surface area (Å²) in [5, 5.41) is 0.219. The molecule has 1 spiro atoms. The van der Waals surface area contributed by atoms with Gasteiger partial charge < -0.3 is 4.43 Å². The summed E-state index contributed by atoms with van der Waals surface area (Å²) in [6.07, 6.45) is 10.9. The zero-order valence-corrected chi connectivity index (χ0v) is 17.6. The van der Waals surface area contributed by atoms with Crippen LogP contribution in [0, 0.1) is 17.3 Å². The normalized spacial score (nSPS) is 37.5. The van der Waals surface area contributed by atoms with Crippen molar-refractivity contribution in [3.8, 4) is 0 Å². The predicted molar refractivity (Wildman–Crippen MR) is 103 cm³/mol. The van der Waals surface area contributed by atoms with Gasteiger partial charge in [-0.1, -0.05) is 46.6 Å². The lowest BCUT2D eigenvalue weighted by Crippen LogP contribution is -2.51. The molecule has 0 aliphatic heterocycles. The van der Waals surface area contributed by atoms with E-state index >= 15 is 0 Å². The third kappa shape index (κ3) is 2.86. The van der Waals surface area contributed by atoms with E-state index < -0.39 is 8.32 Å². The summed E-state index contributed by atoms with van der Waals surface area (Å²) in [4.78, 5) is 12.9. The molecule has 0 saturated heterocycles. The van der Waals surface area contributed by atoms with Gasteiger partial charge in [-0.15, -0.1) is 0 Å². The van der Waals surface area contributed by atoms with Gasteiger partial charge in [-0.2, -0.15) is 0 Å². The average Bonchev–Trinajstić information content (AvgIpc) is 2.60. The van der Waals surface area contributed by atoms with Crippen molar-refractivity contribution in [3.05, 3.63) is 11.6 Å². The number of allylic oxidation sites excluding steroid dienone is 1. The number of ketones is 1. The summed E-state index contributed by atoms with van der Waals surface area (Å²) in [6.45, 7) is 13.9. The van der Waals surface area contributed by atoms with Crippen LogP contribution in [0.2, 0.25) is 18.1 Å².